The van der Waals surface area contributed by atoms with E-state index in [0.29, 0.717) is 17.2 Å². The zero-order valence-corrected chi connectivity index (χ0v) is 12.8. The van der Waals surface area contributed by atoms with Crippen molar-refractivity contribution >= 4 is 23.3 Å². The first-order chi connectivity index (χ1) is 10.7. The van der Waals surface area contributed by atoms with E-state index in [1.807, 2.05) is 36.4 Å². The van der Waals surface area contributed by atoms with Crippen LogP contribution in [0.5, 0.6) is 0 Å². The summed E-state index contributed by atoms with van der Waals surface area (Å²) in [5.74, 6) is -0.960. The molecule has 0 amide bonds. The number of benzene rings is 2. The molecule has 22 heavy (non-hydrogen) atoms. The smallest absolute Gasteiger partial charge is 0.330 e. The van der Waals surface area contributed by atoms with Crippen LogP contribution in [-0.4, -0.2) is 22.7 Å². The van der Waals surface area contributed by atoms with Crippen molar-refractivity contribution < 1.29 is 9.90 Å². The molecule has 0 unspecified atom stereocenters. The van der Waals surface area contributed by atoms with Crippen LogP contribution in [0.3, 0.4) is 0 Å². The van der Waals surface area contributed by atoms with Crippen LogP contribution >= 0.6 is 12.2 Å². The average Bonchev–Trinajstić information content (AvgIpc) is 2.54. The van der Waals surface area contributed by atoms with Crippen LogP contribution < -0.4 is 10.6 Å². The minimum Gasteiger partial charge on any atom is -0.479 e. The number of aliphatic carboxylic acids is 1. The highest BCUT2D eigenvalue weighted by atomic mass is 32.1. The Kier molecular flexibility index (Phi) is 5.91. The lowest BCUT2D eigenvalue weighted by molar-refractivity contribution is -0.139. The van der Waals surface area contributed by atoms with Crippen LogP contribution in [0.25, 0.3) is 0 Å². The monoisotopic (exact) mass is 314 g/mol. The van der Waals surface area contributed by atoms with Crippen molar-refractivity contribution in [2.24, 2.45) is 0 Å². The summed E-state index contributed by atoms with van der Waals surface area (Å²) in [5.41, 5.74) is 1.87. The predicted octanol–water partition coefficient (Wildman–Crippen LogP) is 2.52. The van der Waals surface area contributed by atoms with Gasteiger partial charge in [-0.15, -0.1) is 0 Å². The Morgan fingerprint density at radius 1 is 1.05 bits per heavy atom. The lowest BCUT2D eigenvalue weighted by atomic mass is 10.1. The van der Waals surface area contributed by atoms with E-state index in [-0.39, 0.29) is 0 Å². The maximum Gasteiger partial charge on any atom is 0.330 e. The second-order valence-electron chi connectivity index (χ2n) is 4.82. The number of thiocarbonyl (C=S) groups is 1. The zero-order valence-electron chi connectivity index (χ0n) is 12.0. The molecule has 0 spiro atoms. The van der Waals surface area contributed by atoms with Gasteiger partial charge in [0, 0.05) is 6.54 Å². The van der Waals surface area contributed by atoms with Crippen LogP contribution in [0.15, 0.2) is 60.7 Å². The number of nitrogens with one attached hydrogen (secondary N) is 2. The Bertz CT molecular complexity index is 617. The Morgan fingerprint density at radius 3 is 2.23 bits per heavy atom. The fourth-order valence-corrected chi connectivity index (χ4v) is 2.30. The van der Waals surface area contributed by atoms with Gasteiger partial charge in [0.05, 0.1) is 0 Å². The number of rotatable bonds is 6. The Labute approximate surface area is 135 Å². The lowest BCUT2D eigenvalue weighted by Crippen LogP contribution is -2.41. The summed E-state index contributed by atoms with van der Waals surface area (Å²) in [5, 5.41) is 15.6. The van der Waals surface area contributed by atoms with E-state index in [2.05, 4.69) is 10.6 Å². The molecule has 0 bridgehead atoms. The molecule has 5 heteroatoms. The highest BCUT2D eigenvalue weighted by Crippen LogP contribution is 2.12. The maximum atomic E-state index is 11.4. The molecule has 3 N–H and O–H groups in total. The first-order valence-corrected chi connectivity index (χ1v) is 7.43. The summed E-state index contributed by atoms with van der Waals surface area (Å²) < 4.78 is 0. The summed E-state index contributed by atoms with van der Waals surface area (Å²) in [7, 11) is 0. The summed E-state index contributed by atoms with van der Waals surface area (Å²) in [6.45, 7) is 0.650. The van der Waals surface area contributed by atoms with Crippen molar-refractivity contribution in [3.05, 3.63) is 71.8 Å². The normalized spacial score (nSPS) is 11.5. The van der Waals surface area contributed by atoms with E-state index < -0.39 is 12.0 Å². The maximum absolute atomic E-state index is 11.4. The third-order valence-corrected chi connectivity index (χ3v) is 3.46. The molecule has 0 aliphatic carbocycles. The van der Waals surface area contributed by atoms with Gasteiger partial charge in [-0.2, -0.15) is 0 Å². The zero-order chi connectivity index (χ0) is 15.8. The fraction of sp³-hybridized carbons (Fsp3) is 0.176. The van der Waals surface area contributed by atoms with Crippen molar-refractivity contribution in [2.75, 3.05) is 6.54 Å². The van der Waals surface area contributed by atoms with E-state index >= 15 is 0 Å². The van der Waals surface area contributed by atoms with Gasteiger partial charge in [0.1, 0.15) is 0 Å². The second kappa shape index (κ2) is 8.14. The summed E-state index contributed by atoms with van der Waals surface area (Å²) in [6, 6.07) is 18.2. The van der Waals surface area contributed by atoms with Crippen LogP contribution in [0.2, 0.25) is 0 Å². The number of carboxylic acids is 1. The number of hydrogen-bond donors (Lipinski definition) is 3. The molecular weight excluding hydrogens is 296 g/mol. The molecule has 0 aliphatic rings. The van der Waals surface area contributed by atoms with Gasteiger partial charge in [-0.3, -0.25) is 0 Å². The van der Waals surface area contributed by atoms with E-state index in [9.17, 15) is 9.90 Å². The number of carbonyl (C=O) groups is 1. The quantitative estimate of drug-likeness (QED) is 0.715. The summed E-state index contributed by atoms with van der Waals surface area (Å²) in [6.07, 6.45) is 0.825. The van der Waals surface area contributed by atoms with Crippen molar-refractivity contribution in [1.82, 2.24) is 10.6 Å². The molecule has 114 valence electrons. The third kappa shape index (κ3) is 4.86. The lowest BCUT2D eigenvalue weighted by Gasteiger charge is -2.17. The molecule has 0 aromatic heterocycles. The van der Waals surface area contributed by atoms with E-state index in [1.165, 1.54) is 5.56 Å². The summed E-state index contributed by atoms with van der Waals surface area (Å²) in [4.78, 5) is 11.4. The van der Waals surface area contributed by atoms with Crippen LogP contribution in [-0.2, 0) is 11.2 Å². The highest BCUT2D eigenvalue weighted by Gasteiger charge is 2.19. The number of carboxylic acid groups (broad SMARTS) is 1. The Hall–Kier alpha value is -2.40. The van der Waals surface area contributed by atoms with E-state index in [4.69, 9.17) is 12.2 Å². The Morgan fingerprint density at radius 2 is 1.64 bits per heavy atom. The van der Waals surface area contributed by atoms with Crippen molar-refractivity contribution in [1.29, 1.82) is 0 Å². The molecule has 2 aromatic rings. The van der Waals surface area contributed by atoms with E-state index in [1.54, 1.807) is 24.3 Å². The number of hydrogen-bond acceptors (Lipinski definition) is 2. The largest absolute Gasteiger partial charge is 0.479 e. The highest BCUT2D eigenvalue weighted by molar-refractivity contribution is 7.80. The van der Waals surface area contributed by atoms with Gasteiger partial charge in [-0.25, -0.2) is 4.79 Å². The van der Waals surface area contributed by atoms with Crippen molar-refractivity contribution in [3.8, 4) is 0 Å². The summed E-state index contributed by atoms with van der Waals surface area (Å²) >= 11 is 5.18. The molecule has 2 aromatic carbocycles. The topological polar surface area (TPSA) is 61.4 Å². The SMILES string of the molecule is O=C(O)[C@@H](NC(=S)NCCc1ccccc1)c1ccccc1. The standard InChI is InChI=1S/C17H18N2O2S/c20-16(21)15(14-9-5-2-6-10-14)19-17(22)18-12-11-13-7-3-1-4-8-13/h1-10,15H,11-12H2,(H,20,21)(H2,18,19,22)/t15-/m0/s1. The molecule has 0 heterocycles. The molecule has 0 radical (unpaired) electrons. The van der Waals surface area contributed by atoms with E-state index in [0.717, 1.165) is 6.42 Å². The van der Waals surface area contributed by atoms with Gasteiger partial charge in [-0.1, -0.05) is 60.7 Å². The van der Waals surface area contributed by atoms with Gasteiger partial charge in [0.25, 0.3) is 0 Å². The molecule has 0 aliphatic heterocycles. The van der Waals surface area contributed by atoms with Gasteiger partial charge in [0.2, 0.25) is 0 Å². The molecule has 1 atom stereocenters. The van der Waals surface area contributed by atoms with Crippen molar-refractivity contribution in [2.45, 2.75) is 12.5 Å². The minimum atomic E-state index is -0.960. The molecule has 0 saturated heterocycles. The molecule has 4 nitrogen and oxygen atoms in total. The average molecular weight is 314 g/mol. The molecular formula is C17H18N2O2S. The fourth-order valence-electron chi connectivity index (χ4n) is 2.08. The van der Waals surface area contributed by atoms with Gasteiger partial charge < -0.3 is 15.7 Å². The molecule has 0 fully saturated rings. The van der Waals surface area contributed by atoms with Crippen LogP contribution in [0, 0.1) is 0 Å². The van der Waals surface area contributed by atoms with Gasteiger partial charge in [-0.05, 0) is 29.8 Å². The first-order valence-electron chi connectivity index (χ1n) is 7.03. The Balaban J connectivity index is 1.85. The van der Waals surface area contributed by atoms with Gasteiger partial charge >= 0.3 is 5.97 Å². The minimum absolute atomic E-state index is 0.340. The first kappa shape index (κ1) is 16.0. The van der Waals surface area contributed by atoms with Crippen LogP contribution in [0.1, 0.15) is 17.2 Å². The third-order valence-electron chi connectivity index (χ3n) is 3.20. The predicted molar refractivity (Wildman–Crippen MR) is 90.7 cm³/mol. The van der Waals surface area contributed by atoms with Gasteiger partial charge in [0.15, 0.2) is 11.2 Å². The molecule has 2 rings (SSSR count). The van der Waals surface area contributed by atoms with Crippen molar-refractivity contribution in [3.63, 3.8) is 0 Å². The second-order valence-corrected chi connectivity index (χ2v) is 5.23. The molecule has 0 saturated carbocycles. The van der Waals surface area contributed by atoms with Crippen LogP contribution in [0.4, 0.5) is 0 Å².